The van der Waals surface area contributed by atoms with E-state index >= 15 is 0 Å². The molecule has 0 spiro atoms. The second-order valence-electron chi connectivity index (χ2n) is 7.71. The number of hydrogen-bond donors (Lipinski definition) is 0. The van der Waals surface area contributed by atoms with Crippen molar-refractivity contribution in [3.8, 4) is 11.5 Å². The molecular formula is C25H28O6. The van der Waals surface area contributed by atoms with Crippen molar-refractivity contribution in [3.05, 3.63) is 48.0 Å². The highest BCUT2D eigenvalue weighted by molar-refractivity contribution is 6.11. The summed E-state index contributed by atoms with van der Waals surface area (Å²) in [5.41, 5.74) is 1.08. The maximum absolute atomic E-state index is 11.2. The van der Waals surface area contributed by atoms with Crippen LogP contribution in [0.4, 0.5) is 0 Å². The molecule has 0 aliphatic rings. The second kappa shape index (κ2) is 9.69. The summed E-state index contributed by atoms with van der Waals surface area (Å²) in [6.45, 7) is 8.84. The Morgan fingerprint density at radius 3 is 1.68 bits per heavy atom. The molecule has 3 aromatic carbocycles. The summed E-state index contributed by atoms with van der Waals surface area (Å²) in [4.78, 5) is 22.5. The monoisotopic (exact) mass is 424 g/mol. The normalized spacial score (nSPS) is 12.9. The van der Waals surface area contributed by atoms with Crippen molar-refractivity contribution in [2.45, 2.75) is 46.8 Å². The van der Waals surface area contributed by atoms with Crippen LogP contribution in [-0.2, 0) is 19.1 Å². The van der Waals surface area contributed by atoms with Crippen molar-refractivity contribution in [3.63, 3.8) is 0 Å². The van der Waals surface area contributed by atoms with Gasteiger partial charge in [-0.3, -0.25) is 9.59 Å². The smallest absolute Gasteiger partial charge is 0.303 e. The van der Waals surface area contributed by atoms with Gasteiger partial charge in [-0.1, -0.05) is 42.0 Å². The highest BCUT2D eigenvalue weighted by Gasteiger charge is 2.18. The summed E-state index contributed by atoms with van der Waals surface area (Å²) in [5.74, 6) is 0.748. The number of esters is 2. The lowest BCUT2D eigenvalue weighted by molar-refractivity contribution is -0.147. The molecule has 0 heterocycles. The fraction of sp³-hybridized carbons (Fsp3) is 0.360. The van der Waals surface area contributed by atoms with Crippen LogP contribution in [0.25, 0.3) is 21.5 Å². The molecule has 0 aliphatic carbocycles. The van der Waals surface area contributed by atoms with Crippen LogP contribution < -0.4 is 9.47 Å². The molecule has 0 bridgehead atoms. The third-order valence-electron chi connectivity index (χ3n) is 4.74. The molecule has 164 valence electrons. The van der Waals surface area contributed by atoms with Gasteiger partial charge in [0.15, 0.2) is 0 Å². The Bertz CT molecular complexity index is 1100. The molecule has 0 amide bonds. The van der Waals surface area contributed by atoms with Gasteiger partial charge in [-0.2, -0.15) is 0 Å². The molecule has 0 aliphatic heterocycles. The lowest BCUT2D eigenvalue weighted by Crippen LogP contribution is -2.21. The Balaban J connectivity index is 2.06. The van der Waals surface area contributed by atoms with Gasteiger partial charge in [-0.05, 0) is 26.8 Å². The van der Waals surface area contributed by atoms with Gasteiger partial charge in [0.1, 0.15) is 36.9 Å². The number of carbonyl (C=O) groups excluding carboxylic acids is 2. The van der Waals surface area contributed by atoms with E-state index in [-0.39, 0.29) is 37.4 Å². The van der Waals surface area contributed by atoms with E-state index in [2.05, 4.69) is 6.07 Å². The molecule has 0 saturated carbocycles. The first-order valence-electron chi connectivity index (χ1n) is 10.3. The maximum atomic E-state index is 11.2. The van der Waals surface area contributed by atoms with E-state index in [0.29, 0.717) is 11.5 Å². The van der Waals surface area contributed by atoms with Crippen molar-refractivity contribution in [1.29, 1.82) is 0 Å². The van der Waals surface area contributed by atoms with Gasteiger partial charge in [0, 0.05) is 35.4 Å². The predicted octanol–water partition coefficient (Wildman–Crippen LogP) is 4.96. The van der Waals surface area contributed by atoms with E-state index in [9.17, 15) is 9.59 Å². The van der Waals surface area contributed by atoms with Crippen LogP contribution in [0.3, 0.4) is 0 Å². The Labute approximate surface area is 182 Å². The molecule has 0 radical (unpaired) electrons. The zero-order chi connectivity index (χ0) is 22.5. The van der Waals surface area contributed by atoms with Crippen LogP contribution in [-0.4, -0.2) is 37.4 Å². The van der Waals surface area contributed by atoms with E-state index in [0.717, 1.165) is 27.1 Å². The molecule has 6 heteroatoms. The van der Waals surface area contributed by atoms with Crippen LogP contribution in [0, 0.1) is 6.92 Å². The molecule has 0 N–H and O–H groups in total. The third kappa shape index (κ3) is 5.45. The number of aryl methyl sites for hydroxylation is 1. The van der Waals surface area contributed by atoms with Crippen LogP contribution >= 0.6 is 0 Å². The van der Waals surface area contributed by atoms with Gasteiger partial charge >= 0.3 is 11.9 Å². The average molecular weight is 424 g/mol. The quantitative estimate of drug-likeness (QED) is 0.376. The topological polar surface area (TPSA) is 71.1 Å². The first-order valence-corrected chi connectivity index (χ1v) is 10.3. The van der Waals surface area contributed by atoms with Gasteiger partial charge in [0.25, 0.3) is 0 Å². The van der Waals surface area contributed by atoms with Crippen LogP contribution in [0.1, 0.15) is 33.3 Å². The van der Waals surface area contributed by atoms with Gasteiger partial charge in [0.2, 0.25) is 0 Å². The Morgan fingerprint density at radius 2 is 1.19 bits per heavy atom. The largest absolute Gasteiger partial charge is 0.488 e. The van der Waals surface area contributed by atoms with Gasteiger partial charge in [-0.15, -0.1) is 0 Å². The van der Waals surface area contributed by atoms with E-state index in [1.807, 2.05) is 43.3 Å². The number of hydrogen-bond acceptors (Lipinski definition) is 6. The minimum Gasteiger partial charge on any atom is -0.488 e. The van der Waals surface area contributed by atoms with Crippen molar-refractivity contribution in [1.82, 2.24) is 0 Å². The first kappa shape index (κ1) is 22.4. The van der Waals surface area contributed by atoms with E-state index in [4.69, 9.17) is 18.9 Å². The summed E-state index contributed by atoms with van der Waals surface area (Å²) in [5, 5.41) is 3.59. The van der Waals surface area contributed by atoms with Gasteiger partial charge < -0.3 is 18.9 Å². The molecule has 2 unspecified atom stereocenters. The predicted molar refractivity (Wildman–Crippen MR) is 120 cm³/mol. The van der Waals surface area contributed by atoms with Crippen molar-refractivity contribution in [2.24, 2.45) is 0 Å². The molecule has 31 heavy (non-hydrogen) atoms. The highest BCUT2D eigenvalue weighted by Crippen LogP contribution is 2.43. The average Bonchev–Trinajstić information content (AvgIpc) is 2.69. The van der Waals surface area contributed by atoms with Crippen LogP contribution in [0.5, 0.6) is 11.5 Å². The molecule has 0 saturated heterocycles. The zero-order valence-corrected chi connectivity index (χ0v) is 18.6. The fourth-order valence-corrected chi connectivity index (χ4v) is 3.56. The molecule has 2 atom stereocenters. The summed E-state index contributed by atoms with van der Waals surface area (Å²) in [7, 11) is 0. The van der Waals surface area contributed by atoms with Gasteiger partial charge in [0.05, 0.1) is 0 Å². The molecule has 3 aromatic rings. The minimum atomic E-state index is -0.378. The number of carbonyl (C=O) groups is 2. The highest BCUT2D eigenvalue weighted by atomic mass is 16.6. The Kier molecular flexibility index (Phi) is 7.00. The SMILES string of the molecule is CC(=O)OC(C)COc1c2ccccc2c(OCC(C)OC(C)=O)c2cc(C)ccc12. The van der Waals surface area contributed by atoms with E-state index in [1.165, 1.54) is 13.8 Å². The number of ether oxygens (including phenoxy) is 4. The third-order valence-corrected chi connectivity index (χ3v) is 4.74. The van der Waals surface area contributed by atoms with E-state index in [1.54, 1.807) is 13.8 Å². The standard InChI is InChI=1S/C25H28O6/c1-15-10-11-22-23(12-15)25(29-14-17(3)31-19(5)27)21-9-7-6-8-20(21)24(22)28-13-16(2)30-18(4)26/h6-12,16-17H,13-14H2,1-5H3. The summed E-state index contributed by atoms with van der Waals surface area (Å²) < 4.78 is 22.8. The zero-order valence-electron chi connectivity index (χ0n) is 18.6. The Hall–Kier alpha value is -3.28. The molecular weight excluding hydrogens is 396 g/mol. The number of fused-ring (bicyclic) bond motifs is 2. The molecule has 6 nitrogen and oxygen atoms in total. The van der Waals surface area contributed by atoms with Gasteiger partial charge in [-0.25, -0.2) is 0 Å². The first-order chi connectivity index (χ1) is 14.8. The fourth-order valence-electron chi connectivity index (χ4n) is 3.56. The summed E-state index contributed by atoms with van der Waals surface area (Å²) in [6.07, 6.45) is -0.756. The molecule has 3 rings (SSSR count). The molecule has 0 fully saturated rings. The summed E-state index contributed by atoms with van der Waals surface area (Å²) in [6, 6.07) is 13.9. The molecule has 0 aromatic heterocycles. The number of benzene rings is 3. The van der Waals surface area contributed by atoms with E-state index < -0.39 is 0 Å². The lowest BCUT2D eigenvalue weighted by Gasteiger charge is -2.21. The number of rotatable bonds is 8. The van der Waals surface area contributed by atoms with Crippen LogP contribution in [0.15, 0.2) is 42.5 Å². The van der Waals surface area contributed by atoms with Crippen molar-refractivity contribution < 1.29 is 28.5 Å². The van der Waals surface area contributed by atoms with Crippen LogP contribution in [0.2, 0.25) is 0 Å². The maximum Gasteiger partial charge on any atom is 0.303 e. The van der Waals surface area contributed by atoms with Crippen molar-refractivity contribution in [2.75, 3.05) is 13.2 Å². The van der Waals surface area contributed by atoms with Crippen molar-refractivity contribution >= 4 is 33.5 Å². The second-order valence-corrected chi connectivity index (χ2v) is 7.71. The minimum absolute atomic E-state index is 0.232. The lowest BCUT2D eigenvalue weighted by atomic mass is 9.99. The Morgan fingerprint density at radius 1 is 0.742 bits per heavy atom. The summed E-state index contributed by atoms with van der Waals surface area (Å²) >= 11 is 0.